The van der Waals surface area contributed by atoms with Gasteiger partial charge in [0.15, 0.2) is 12.4 Å². The molecule has 1 atom stereocenters. The van der Waals surface area contributed by atoms with E-state index in [1.807, 2.05) is 0 Å². The predicted octanol–water partition coefficient (Wildman–Crippen LogP) is 4.56. The lowest BCUT2D eigenvalue weighted by Gasteiger charge is -2.43. The van der Waals surface area contributed by atoms with E-state index in [0.29, 0.717) is 23.4 Å². The molecular formula is C22H20Cl2N2O6. The summed E-state index contributed by atoms with van der Waals surface area (Å²) in [7, 11) is 1.49. The Kier molecular flexibility index (Phi) is 7.16. The highest BCUT2D eigenvalue weighted by atomic mass is 35.5. The number of amides is 1. The standard InChI is InChI=1S/C22H20Cl2N2O6/c1-25(22(11-5-4-8-19(22)27)16-6-2-3-7-17(16)23)20(28)13-32-21(29)15-10-9-14(26(30)31)12-18(15)24/h2-3,6-7,9-10,12H,4-5,8,11,13H2,1H3. The molecule has 8 nitrogen and oxygen atoms in total. The lowest BCUT2D eigenvalue weighted by molar-refractivity contribution is -0.384. The molecule has 1 aliphatic carbocycles. The number of nitro groups is 1. The third-order valence-corrected chi connectivity index (χ3v) is 6.27. The van der Waals surface area contributed by atoms with Crippen molar-refractivity contribution in [1.82, 2.24) is 4.90 Å². The van der Waals surface area contributed by atoms with Crippen molar-refractivity contribution < 1.29 is 24.0 Å². The Labute approximate surface area is 194 Å². The molecule has 2 aromatic carbocycles. The Morgan fingerprint density at radius 2 is 1.88 bits per heavy atom. The molecule has 1 unspecified atom stereocenters. The van der Waals surface area contributed by atoms with Crippen LogP contribution in [-0.4, -0.2) is 41.1 Å². The van der Waals surface area contributed by atoms with Crippen molar-refractivity contribution in [2.45, 2.75) is 31.2 Å². The van der Waals surface area contributed by atoms with E-state index in [0.717, 1.165) is 31.0 Å². The van der Waals surface area contributed by atoms with Crippen LogP contribution in [-0.2, 0) is 19.9 Å². The van der Waals surface area contributed by atoms with E-state index in [1.54, 1.807) is 24.3 Å². The van der Waals surface area contributed by atoms with Crippen LogP contribution in [0.15, 0.2) is 42.5 Å². The van der Waals surface area contributed by atoms with Gasteiger partial charge < -0.3 is 9.64 Å². The molecule has 0 bridgehead atoms. The van der Waals surface area contributed by atoms with Crippen LogP contribution >= 0.6 is 23.2 Å². The van der Waals surface area contributed by atoms with Gasteiger partial charge in [-0.25, -0.2) is 4.79 Å². The number of non-ortho nitro benzene ring substituents is 1. The second kappa shape index (κ2) is 9.67. The lowest BCUT2D eigenvalue weighted by atomic mass is 9.74. The van der Waals surface area contributed by atoms with Crippen molar-refractivity contribution >= 4 is 46.5 Å². The number of benzene rings is 2. The number of hydrogen-bond acceptors (Lipinski definition) is 6. The van der Waals surface area contributed by atoms with E-state index in [-0.39, 0.29) is 22.1 Å². The Hall–Kier alpha value is -2.97. The van der Waals surface area contributed by atoms with Gasteiger partial charge in [-0.3, -0.25) is 19.7 Å². The first kappa shape index (κ1) is 23.7. The number of Topliss-reactive ketones (excluding diaryl/α,β-unsaturated/α-hetero) is 1. The molecule has 0 spiro atoms. The van der Waals surface area contributed by atoms with Crippen molar-refractivity contribution in [2.24, 2.45) is 0 Å². The van der Waals surface area contributed by atoms with Gasteiger partial charge in [0.1, 0.15) is 5.54 Å². The number of ether oxygens (including phenoxy) is 1. The van der Waals surface area contributed by atoms with E-state index in [2.05, 4.69) is 0 Å². The van der Waals surface area contributed by atoms with Gasteiger partial charge in [0, 0.05) is 36.2 Å². The summed E-state index contributed by atoms with van der Waals surface area (Å²) < 4.78 is 5.10. The van der Waals surface area contributed by atoms with Gasteiger partial charge in [0.05, 0.1) is 15.5 Å². The van der Waals surface area contributed by atoms with Crippen LogP contribution in [0.5, 0.6) is 0 Å². The highest BCUT2D eigenvalue weighted by Gasteiger charge is 2.48. The molecule has 1 fully saturated rings. The zero-order valence-electron chi connectivity index (χ0n) is 17.2. The second-order valence-corrected chi connectivity index (χ2v) is 8.23. The SMILES string of the molecule is CN(C(=O)COC(=O)c1ccc([N+](=O)[O-])cc1Cl)C1(c2ccccc2Cl)CCCCC1=O. The van der Waals surface area contributed by atoms with Crippen molar-refractivity contribution in [2.75, 3.05) is 13.7 Å². The molecular weight excluding hydrogens is 459 g/mol. The Bertz CT molecular complexity index is 1090. The highest BCUT2D eigenvalue weighted by Crippen LogP contribution is 2.42. The van der Waals surface area contributed by atoms with Crippen LogP contribution in [0.2, 0.25) is 10.0 Å². The molecule has 2 aromatic rings. The fraction of sp³-hybridized carbons (Fsp3) is 0.318. The molecule has 1 amide bonds. The fourth-order valence-electron chi connectivity index (χ4n) is 3.93. The van der Waals surface area contributed by atoms with Gasteiger partial charge in [-0.1, -0.05) is 41.4 Å². The van der Waals surface area contributed by atoms with E-state index in [1.165, 1.54) is 11.9 Å². The van der Waals surface area contributed by atoms with E-state index >= 15 is 0 Å². The number of rotatable bonds is 6. The molecule has 0 aliphatic heterocycles. The van der Waals surface area contributed by atoms with Crippen LogP contribution < -0.4 is 0 Å². The summed E-state index contributed by atoms with van der Waals surface area (Å²) in [5.74, 6) is -1.63. The van der Waals surface area contributed by atoms with Gasteiger partial charge in [-0.05, 0) is 31.4 Å². The number of nitro benzene ring substituents is 1. The molecule has 168 valence electrons. The lowest BCUT2D eigenvalue weighted by Crippen LogP contribution is -2.55. The summed E-state index contributed by atoms with van der Waals surface area (Å²) in [5.41, 5.74) is -1.10. The molecule has 0 aromatic heterocycles. The van der Waals surface area contributed by atoms with Crippen molar-refractivity contribution in [3.63, 3.8) is 0 Å². The summed E-state index contributed by atoms with van der Waals surface area (Å²) in [6, 6.07) is 10.2. The predicted molar refractivity (Wildman–Crippen MR) is 118 cm³/mol. The first-order chi connectivity index (χ1) is 15.2. The number of carbonyl (C=O) groups excluding carboxylic acids is 3. The number of likely N-dealkylation sites (N-methyl/N-ethyl adjacent to an activating group) is 1. The minimum atomic E-state index is -1.24. The fourth-order valence-corrected chi connectivity index (χ4v) is 4.47. The minimum absolute atomic E-state index is 0.109. The summed E-state index contributed by atoms with van der Waals surface area (Å²) in [5, 5.41) is 11.0. The van der Waals surface area contributed by atoms with E-state index < -0.39 is 28.9 Å². The zero-order valence-corrected chi connectivity index (χ0v) is 18.7. The molecule has 32 heavy (non-hydrogen) atoms. The molecule has 0 radical (unpaired) electrons. The van der Waals surface area contributed by atoms with Crippen LogP contribution in [0.25, 0.3) is 0 Å². The largest absolute Gasteiger partial charge is 0.452 e. The van der Waals surface area contributed by atoms with Gasteiger partial charge in [-0.2, -0.15) is 0 Å². The number of carbonyl (C=O) groups is 3. The normalized spacial score (nSPS) is 18.2. The highest BCUT2D eigenvalue weighted by molar-refractivity contribution is 6.33. The Morgan fingerprint density at radius 3 is 2.50 bits per heavy atom. The molecule has 3 rings (SSSR count). The summed E-state index contributed by atoms with van der Waals surface area (Å²) in [6.07, 6.45) is 2.16. The quantitative estimate of drug-likeness (QED) is 0.342. The monoisotopic (exact) mass is 478 g/mol. The van der Waals surface area contributed by atoms with Crippen LogP contribution in [0.1, 0.15) is 41.6 Å². The van der Waals surface area contributed by atoms with E-state index in [9.17, 15) is 24.5 Å². The number of nitrogens with zero attached hydrogens (tertiary/aromatic N) is 2. The van der Waals surface area contributed by atoms with Gasteiger partial charge in [0.2, 0.25) is 0 Å². The third-order valence-electron chi connectivity index (χ3n) is 5.63. The second-order valence-electron chi connectivity index (χ2n) is 7.42. The first-order valence-electron chi connectivity index (χ1n) is 9.84. The number of hydrogen-bond donors (Lipinski definition) is 0. The summed E-state index contributed by atoms with van der Waals surface area (Å²) in [6.45, 7) is -0.637. The maximum Gasteiger partial charge on any atom is 0.340 e. The van der Waals surface area contributed by atoms with Crippen LogP contribution in [0, 0.1) is 10.1 Å². The number of ketones is 1. The topological polar surface area (TPSA) is 107 Å². The van der Waals surface area contributed by atoms with Crippen LogP contribution in [0.4, 0.5) is 5.69 Å². The summed E-state index contributed by atoms with van der Waals surface area (Å²) in [4.78, 5) is 49.9. The minimum Gasteiger partial charge on any atom is -0.452 e. The van der Waals surface area contributed by atoms with E-state index in [4.69, 9.17) is 27.9 Å². The molecule has 0 N–H and O–H groups in total. The molecule has 0 heterocycles. The van der Waals surface area contributed by atoms with Crippen molar-refractivity contribution in [3.8, 4) is 0 Å². The summed E-state index contributed by atoms with van der Waals surface area (Å²) >= 11 is 12.3. The van der Waals surface area contributed by atoms with Crippen molar-refractivity contribution in [1.29, 1.82) is 0 Å². The maximum absolute atomic E-state index is 13.1. The average Bonchev–Trinajstić information content (AvgIpc) is 2.77. The Balaban J connectivity index is 1.80. The van der Waals surface area contributed by atoms with Crippen molar-refractivity contribution in [3.05, 3.63) is 73.8 Å². The molecule has 10 heteroatoms. The van der Waals surface area contributed by atoms with Gasteiger partial charge >= 0.3 is 5.97 Å². The smallest absolute Gasteiger partial charge is 0.340 e. The number of esters is 1. The molecule has 1 aliphatic rings. The third kappa shape index (κ3) is 4.47. The van der Waals surface area contributed by atoms with Gasteiger partial charge in [-0.15, -0.1) is 0 Å². The molecule has 0 saturated heterocycles. The first-order valence-corrected chi connectivity index (χ1v) is 10.6. The maximum atomic E-state index is 13.1. The average molecular weight is 479 g/mol. The van der Waals surface area contributed by atoms with Crippen LogP contribution in [0.3, 0.4) is 0 Å². The Morgan fingerprint density at radius 1 is 1.16 bits per heavy atom. The molecule has 1 saturated carbocycles. The zero-order chi connectivity index (χ0) is 23.5. The van der Waals surface area contributed by atoms with Gasteiger partial charge in [0.25, 0.3) is 11.6 Å². The number of halogens is 2.